The molecule has 0 spiro atoms. The molecule has 0 fully saturated rings. The predicted molar refractivity (Wildman–Crippen MR) is 89.4 cm³/mol. The lowest BCUT2D eigenvalue weighted by Gasteiger charge is -2.21. The SMILES string of the molecule is COc1ccc(Cc2nc(=S)c(Br)c(C(C)(C)C)[nH]2)cn1. The van der Waals surface area contributed by atoms with Gasteiger partial charge in [-0.05, 0) is 21.5 Å². The second-order valence-electron chi connectivity index (χ2n) is 5.81. The van der Waals surface area contributed by atoms with Gasteiger partial charge in [0.25, 0.3) is 0 Å². The van der Waals surface area contributed by atoms with E-state index in [0.29, 0.717) is 16.9 Å². The van der Waals surface area contributed by atoms with Crippen LogP contribution in [0.25, 0.3) is 0 Å². The highest BCUT2D eigenvalue weighted by Gasteiger charge is 2.20. The van der Waals surface area contributed by atoms with Gasteiger partial charge in [0, 0.05) is 29.8 Å². The number of nitrogens with one attached hydrogen (secondary N) is 1. The Morgan fingerprint density at radius 3 is 2.57 bits per heavy atom. The van der Waals surface area contributed by atoms with E-state index in [1.54, 1.807) is 13.3 Å². The minimum Gasteiger partial charge on any atom is -0.481 e. The molecular formula is C15H18BrN3OS. The summed E-state index contributed by atoms with van der Waals surface area (Å²) < 4.78 is 6.50. The summed E-state index contributed by atoms with van der Waals surface area (Å²) in [5, 5.41) is 0. The minimum atomic E-state index is -0.0394. The van der Waals surface area contributed by atoms with Crippen LogP contribution in [0.4, 0.5) is 0 Å². The molecule has 0 radical (unpaired) electrons. The number of halogens is 1. The third-order valence-electron chi connectivity index (χ3n) is 3.04. The van der Waals surface area contributed by atoms with Gasteiger partial charge >= 0.3 is 0 Å². The Kier molecular flexibility index (Phi) is 4.78. The molecule has 1 N–H and O–H groups in total. The van der Waals surface area contributed by atoms with Gasteiger partial charge in [-0.2, -0.15) is 0 Å². The molecule has 0 unspecified atom stereocenters. The molecule has 0 aliphatic rings. The summed E-state index contributed by atoms with van der Waals surface area (Å²) in [5.41, 5.74) is 2.07. The Hall–Kier alpha value is -1.27. The second-order valence-corrected chi connectivity index (χ2v) is 6.99. The molecule has 2 aromatic heterocycles. The highest BCUT2D eigenvalue weighted by molar-refractivity contribution is 9.10. The average molecular weight is 368 g/mol. The normalized spacial score (nSPS) is 11.5. The summed E-state index contributed by atoms with van der Waals surface area (Å²) in [7, 11) is 1.60. The smallest absolute Gasteiger partial charge is 0.212 e. The summed E-state index contributed by atoms with van der Waals surface area (Å²) in [6.07, 6.45) is 2.44. The van der Waals surface area contributed by atoms with Crippen LogP contribution in [0.5, 0.6) is 5.88 Å². The third-order valence-corrected chi connectivity index (χ3v) is 4.37. The van der Waals surface area contributed by atoms with Gasteiger partial charge in [-0.15, -0.1) is 0 Å². The van der Waals surface area contributed by atoms with E-state index in [9.17, 15) is 0 Å². The lowest BCUT2D eigenvalue weighted by Crippen LogP contribution is -2.17. The van der Waals surface area contributed by atoms with E-state index in [4.69, 9.17) is 17.0 Å². The van der Waals surface area contributed by atoms with Crippen LogP contribution >= 0.6 is 28.1 Å². The molecule has 6 heteroatoms. The van der Waals surface area contributed by atoms with Crippen molar-refractivity contribution in [2.75, 3.05) is 7.11 Å². The lowest BCUT2D eigenvalue weighted by atomic mass is 9.92. The Morgan fingerprint density at radius 2 is 2.05 bits per heavy atom. The molecule has 0 aromatic carbocycles. The summed E-state index contributed by atoms with van der Waals surface area (Å²) in [4.78, 5) is 12.0. The topological polar surface area (TPSA) is 50.8 Å². The largest absolute Gasteiger partial charge is 0.481 e. The van der Waals surface area contributed by atoms with Gasteiger partial charge in [-0.1, -0.05) is 39.1 Å². The number of hydrogen-bond acceptors (Lipinski definition) is 4. The maximum absolute atomic E-state index is 5.34. The molecule has 0 atom stereocenters. The first kappa shape index (κ1) is 16.1. The third kappa shape index (κ3) is 3.89. The molecule has 0 aliphatic heterocycles. The Bertz CT molecular complexity index is 690. The summed E-state index contributed by atoms with van der Waals surface area (Å²) in [6, 6.07) is 3.82. The van der Waals surface area contributed by atoms with Crippen LogP contribution in [0.2, 0.25) is 0 Å². The molecule has 2 aromatic rings. The minimum absolute atomic E-state index is 0.0394. The quantitative estimate of drug-likeness (QED) is 0.826. The second kappa shape index (κ2) is 6.23. The lowest BCUT2D eigenvalue weighted by molar-refractivity contribution is 0.397. The molecule has 0 saturated carbocycles. The first-order valence-electron chi connectivity index (χ1n) is 6.59. The maximum Gasteiger partial charge on any atom is 0.212 e. The average Bonchev–Trinajstić information content (AvgIpc) is 2.42. The van der Waals surface area contributed by atoms with Gasteiger partial charge in [-0.3, -0.25) is 0 Å². The van der Waals surface area contributed by atoms with Crippen molar-refractivity contribution in [3.63, 3.8) is 0 Å². The van der Waals surface area contributed by atoms with Gasteiger partial charge < -0.3 is 9.72 Å². The number of H-pyrrole nitrogens is 1. The summed E-state index contributed by atoms with van der Waals surface area (Å²) in [6.45, 7) is 6.41. The monoisotopic (exact) mass is 367 g/mol. The zero-order chi connectivity index (χ0) is 15.6. The summed E-state index contributed by atoms with van der Waals surface area (Å²) >= 11 is 8.87. The van der Waals surface area contributed by atoms with E-state index >= 15 is 0 Å². The van der Waals surface area contributed by atoms with Crippen LogP contribution in [0.3, 0.4) is 0 Å². The first-order chi connectivity index (χ1) is 9.81. The van der Waals surface area contributed by atoms with Crippen molar-refractivity contribution < 1.29 is 4.74 Å². The van der Waals surface area contributed by atoms with Gasteiger partial charge in [0.15, 0.2) is 0 Å². The molecule has 0 amide bonds. The molecular weight excluding hydrogens is 350 g/mol. The van der Waals surface area contributed by atoms with E-state index in [1.165, 1.54) is 0 Å². The zero-order valence-corrected chi connectivity index (χ0v) is 14.9. The van der Waals surface area contributed by atoms with E-state index in [-0.39, 0.29) is 5.41 Å². The molecule has 2 heterocycles. The molecule has 112 valence electrons. The van der Waals surface area contributed by atoms with E-state index < -0.39 is 0 Å². The first-order valence-corrected chi connectivity index (χ1v) is 7.79. The van der Waals surface area contributed by atoms with Crippen LogP contribution < -0.4 is 4.74 Å². The fourth-order valence-electron chi connectivity index (χ4n) is 1.94. The molecule has 0 bridgehead atoms. The predicted octanol–water partition coefficient (Wildman–Crippen LogP) is 4.19. The van der Waals surface area contributed by atoms with Crippen molar-refractivity contribution in [3.05, 3.63) is 44.5 Å². The fraction of sp³-hybridized carbons (Fsp3) is 0.400. The van der Waals surface area contributed by atoms with Crippen molar-refractivity contribution in [1.82, 2.24) is 15.0 Å². The number of rotatable bonds is 3. The van der Waals surface area contributed by atoms with Crippen LogP contribution in [0.15, 0.2) is 22.8 Å². The van der Waals surface area contributed by atoms with E-state index in [1.807, 2.05) is 12.1 Å². The van der Waals surface area contributed by atoms with Crippen molar-refractivity contribution in [1.29, 1.82) is 0 Å². The molecule has 0 aliphatic carbocycles. The number of aromatic nitrogens is 3. The fourth-order valence-corrected chi connectivity index (χ4v) is 2.93. The summed E-state index contributed by atoms with van der Waals surface area (Å²) in [5.74, 6) is 1.44. The Morgan fingerprint density at radius 1 is 1.33 bits per heavy atom. The standard InChI is InChI=1S/C15H18BrN3OS/c1-15(2,3)13-12(16)14(21)19-10(18-13)7-9-5-6-11(20-4)17-8-9/h5-6,8H,7H2,1-4H3,(H,18,19,21). The van der Waals surface area contributed by atoms with Crippen LogP contribution in [0.1, 0.15) is 37.9 Å². The molecule has 4 nitrogen and oxygen atoms in total. The molecule has 0 saturated heterocycles. The van der Waals surface area contributed by atoms with Crippen LogP contribution in [0, 0.1) is 4.64 Å². The van der Waals surface area contributed by atoms with Gasteiger partial charge in [0.1, 0.15) is 10.5 Å². The van der Waals surface area contributed by atoms with Crippen LogP contribution in [-0.2, 0) is 11.8 Å². The highest BCUT2D eigenvalue weighted by Crippen LogP contribution is 2.28. The number of methoxy groups -OCH3 is 1. The number of aromatic amines is 1. The van der Waals surface area contributed by atoms with Gasteiger partial charge in [0.05, 0.1) is 11.6 Å². The number of hydrogen-bond donors (Lipinski definition) is 1. The van der Waals surface area contributed by atoms with E-state index in [2.05, 4.69) is 51.7 Å². The maximum atomic E-state index is 5.34. The van der Waals surface area contributed by atoms with Crippen molar-refractivity contribution in [3.8, 4) is 5.88 Å². The molecule has 21 heavy (non-hydrogen) atoms. The molecule has 2 rings (SSSR count). The van der Waals surface area contributed by atoms with Gasteiger partial charge in [0.2, 0.25) is 5.88 Å². The highest BCUT2D eigenvalue weighted by atomic mass is 79.9. The Labute approximate surface area is 138 Å². The zero-order valence-electron chi connectivity index (χ0n) is 12.5. The number of pyridine rings is 1. The number of nitrogens with zero attached hydrogens (tertiary/aromatic N) is 2. The Balaban J connectivity index is 2.36. The van der Waals surface area contributed by atoms with Crippen molar-refractivity contribution in [2.24, 2.45) is 0 Å². The number of ether oxygens (including phenoxy) is 1. The van der Waals surface area contributed by atoms with Crippen molar-refractivity contribution >= 4 is 28.1 Å². The van der Waals surface area contributed by atoms with Crippen LogP contribution in [-0.4, -0.2) is 22.1 Å². The van der Waals surface area contributed by atoms with E-state index in [0.717, 1.165) is 21.6 Å². The van der Waals surface area contributed by atoms with Gasteiger partial charge in [-0.25, -0.2) is 9.97 Å². The van der Waals surface area contributed by atoms with Crippen molar-refractivity contribution in [2.45, 2.75) is 32.6 Å².